The minimum Gasteiger partial charge on any atom is -0.319 e. The Hall–Kier alpha value is -0.960. The number of hydrogen-bond donors (Lipinski definition) is 1. The molecule has 82 valence electrons. The first-order valence-corrected chi connectivity index (χ1v) is 5.18. The van der Waals surface area contributed by atoms with Crippen LogP contribution in [0.25, 0.3) is 0 Å². The average Bonchev–Trinajstić information content (AvgIpc) is 2.83. The molecule has 1 nitrogen and oxygen atoms in total. The lowest BCUT2D eigenvalue weighted by molar-refractivity contribution is 0.541. The second-order valence-electron chi connectivity index (χ2n) is 4.50. The zero-order chi connectivity index (χ0) is 11.1. The molecule has 2 atom stereocenters. The molecule has 0 aromatic heterocycles. The van der Waals surface area contributed by atoms with E-state index < -0.39 is 0 Å². The van der Waals surface area contributed by atoms with E-state index in [2.05, 4.69) is 5.32 Å². The molecule has 3 heteroatoms. The monoisotopic (exact) mass is 211 g/mol. The van der Waals surface area contributed by atoms with Gasteiger partial charge < -0.3 is 5.32 Å². The minimum atomic E-state index is -0.359. The first-order chi connectivity index (χ1) is 7.08. The second-order valence-corrected chi connectivity index (χ2v) is 4.50. The summed E-state index contributed by atoms with van der Waals surface area (Å²) in [6.45, 7) is 2.85. The number of hydrogen-bond acceptors (Lipinski definition) is 1. The molecular weight excluding hydrogens is 196 g/mol. The second kappa shape index (κ2) is 3.56. The third kappa shape index (κ3) is 1.76. The molecule has 0 heterocycles. The summed E-state index contributed by atoms with van der Waals surface area (Å²) in [6.07, 6.45) is 0.925. The maximum absolute atomic E-state index is 13.5. The Kier molecular flexibility index (Phi) is 2.51. The van der Waals surface area contributed by atoms with Crippen molar-refractivity contribution in [2.24, 2.45) is 5.92 Å². The number of benzene rings is 1. The van der Waals surface area contributed by atoms with Crippen LogP contribution in [0.15, 0.2) is 18.2 Å². The van der Waals surface area contributed by atoms with Crippen LogP contribution in [0.1, 0.15) is 18.9 Å². The molecule has 1 aliphatic rings. The molecule has 0 radical (unpaired) electrons. The van der Waals surface area contributed by atoms with E-state index in [0.717, 1.165) is 19.0 Å². The van der Waals surface area contributed by atoms with Crippen LogP contribution in [-0.4, -0.2) is 13.6 Å². The Bertz CT molecular complexity index is 378. The fraction of sp³-hybridized carbons (Fsp3) is 0.500. The largest absolute Gasteiger partial charge is 0.319 e. The van der Waals surface area contributed by atoms with Crippen LogP contribution < -0.4 is 5.32 Å². The van der Waals surface area contributed by atoms with E-state index in [1.807, 2.05) is 14.0 Å². The molecule has 1 aromatic carbocycles. The molecule has 1 saturated carbocycles. The maximum Gasteiger partial charge on any atom is 0.127 e. The molecule has 2 rings (SSSR count). The summed E-state index contributed by atoms with van der Waals surface area (Å²) in [4.78, 5) is 0. The highest BCUT2D eigenvalue weighted by molar-refractivity contribution is 5.34. The molecule has 1 fully saturated rings. The van der Waals surface area contributed by atoms with Crippen LogP contribution in [0.2, 0.25) is 0 Å². The zero-order valence-electron chi connectivity index (χ0n) is 8.98. The highest BCUT2D eigenvalue weighted by Crippen LogP contribution is 2.54. The smallest absolute Gasteiger partial charge is 0.127 e. The summed E-state index contributed by atoms with van der Waals surface area (Å²) >= 11 is 0. The van der Waals surface area contributed by atoms with Crippen LogP contribution in [0.5, 0.6) is 0 Å². The van der Waals surface area contributed by atoms with Gasteiger partial charge in [-0.05, 0) is 55.1 Å². The molecule has 1 aliphatic carbocycles. The average molecular weight is 211 g/mol. The molecule has 15 heavy (non-hydrogen) atoms. The Morgan fingerprint density at radius 2 is 2.20 bits per heavy atom. The molecule has 0 saturated heterocycles. The minimum absolute atomic E-state index is 0.185. The molecule has 0 amide bonds. The Labute approximate surface area is 88.5 Å². The van der Waals surface area contributed by atoms with Crippen molar-refractivity contribution in [2.45, 2.75) is 18.8 Å². The van der Waals surface area contributed by atoms with Gasteiger partial charge in [-0.3, -0.25) is 0 Å². The van der Waals surface area contributed by atoms with Gasteiger partial charge in [0, 0.05) is 0 Å². The van der Waals surface area contributed by atoms with Gasteiger partial charge >= 0.3 is 0 Å². The van der Waals surface area contributed by atoms with Gasteiger partial charge in [-0.15, -0.1) is 0 Å². The molecule has 0 aliphatic heterocycles. The van der Waals surface area contributed by atoms with Crippen molar-refractivity contribution in [3.05, 3.63) is 35.4 Å². The number of nitrogens with one attached hydrogen (secondary N) is 1. The summed E-state index contributed by atoms with van der Waals surface area (Å²) < 4.78 is 26.6. The van der Waals surface area contributed by atoms with Crippen molar-refractivity contribution in [3.8, 4) is 0 Å². The van der Waals surface area contributed by atoms with Gasteiger partial charge in [-0.2, -0.15) is 0 Å². The standard InChI is InChI=1S/C12H15F2N/c1-12(6-8(12)7-15-2)10-5-9(13)3-4-11(10)14/h3-5,8,15H,6-7H2,1-2H3. The van der Waals surface area contributed by atoms with E-state index in [-0.39, 0.29) is 17.0 Å². The lowest BCUT2D eigenvalue weighted by Crippen LogP contribution is -2.16. The van der Waals surface area contributed by atoms with Gasteiger partial charge in [0.1, 0.15) is 11.6 Å². The highest BCUT2D eigenvalue weighted by Gasteiger charge is 2.51. The SMILES string of the molecule is CNCC1CC1(C)c1cc(F)ccc1F. The molecule has 1 N–H and O–H groups in total. The van der Waals surface area contributed by atoms with Crippen molar-refractivity contribution in [2.75, 3.05) is 13.6 Å². The first-order valence-electron chi connectivity index (χ1n) is 5.18. The quantitative estimate of drug-likeness (QED) is 0.809. The van der Waals surface area contributed by atoms with E-state index >= 15 is 0 Å². The van der Waals surface area contributed by atoms with Gasteiger partial charge in [0.15, 0.2) is 0 Å². The third-order valence-corrected chi connectivity index (χ3v) is 3.41. The fourth-order valence-corrected chi connectivity index (χ4v) is 2.26. The zero-order valence-corrected chi connectivity index (χ0v) is 8.98. The van der Waals surface area contributed by atoms with Crippen molar-refractivity contribution in [3.63, 3.8) is 0 Å². The van der Waals surface area contributed by atoms with Crippen LogP contribution in [0.4, 0.5) is 8.78 Å². The van der Waals surface area contributed by atoms with Gasteiger partial charge in [0.25, 0.3) is 0 Å². The Morgan fingerprint density at radius 3 is 2.87 bits per heavy atom. The summed E-state index contributed by atoms with van der Waals surface area (Å²) in [6, 6.07) is 3.70. The van der Waals surface area contributed by atoms with Crippen molar-refractivity contribution in [1.29, 1.82) is 0 Å². The van der Waals surface area contributed by atoms with Gasteiger partial charge in [0.2, 0.25) is 0 Å². The first kappa shape index (κ1) is 10.6. The predicted molar refractivity (Wildman–Crippen MR) is 55.7 cm³/mol. The van der Waals surface area contributed by atoms with Crippen molar-refractivity contribution >= 4 is 0 Å². The van der Waals surface area contributed by atoms with Crippen molar-refractivity contribution in [1.82, 2.24) is 5.32 Å². The van der Waals surface area contributed by atoms with Gasteiger partial charge in [0.05, 0.1) is 0 Å². The number of halogens is 2. The van der Waals surface area contributed by atoms with Crippen LogP contribution >= 0.6 is 0 Å². The summed E-state index contributed by atoms with van der Waals surface area (Å²) in [5, 5.41) is 3.07. The summed E-state index contributed by atoms with van der Waals surface area (Å²) in [5.74, 6) is -0.237. The van der Waals surface area contributed by atoms with Crippen LogP contribution in [-0.2, 0) is 5.41 Å². The van der Waals surface area contributed by atoms with E-state index in [1.54, 1.807) is 0 Å². The highest BCUT2D eigenvalue weighted by atomic mass is 19.1. The van der Waals surface area contributed by atoms with Gasteiger partial charge in [-0.1, -0.05) is 6.92 Å². The lowest BCUT2D eigenvalue weighted by Gasteiger charge is -2.13. The molecule has 2 unspecified atom stereocenters. The fourth-order valence-electron chi connectivity index (χ4n) is 2.26. The predicted octanol–water partition coefficient (Wildman–Crippen LogP) is 2.46. The van der Waals surface area contributed by atoms with Crippen LogP contribution in [0, 0.1) is 17.6 Å². The summed E-state index contributed by atoms with van der Waals surface area (Å²) in [7, 11) is 1.88. The molecular formula is C12H15F2N. The lowest BCUT2D eigenvalue weighted by atomic mass is 9.95. The summed E-state index contributed by atoms with van der Waals surface area (Å²) in [5.41, 5.74) is 0.331. The molecule has 1 aromatic rings. The Balaban J connectivity index is 2.27. The van der Waals surface area contributed by atoms with E-state index in [0.29, 0.717) is 11.5 Å². The van der Waals surface area contributed by atoms with Gasteiger partial charge in [-0.25, -0.2) is 8.78 Å². The van der Waals surface area contributed by atoms with E-state index in [1.165, 1.54) is 12.1 Å². The van der Waals surface area contributed by atoms with Crippen LogP contribution in [0.3, 0.4) is 0 Å². The van der Waals surface area contributed by atoms with E-state index in [9.17, 15) is 8.78 Å². The maximum atomic E-state index is 13.5. The third-order valence-electron chi connectivity index (χ3n) is 3.41. The Morgan fingerprint density at radius 1 is 1.47 bits per heavy atom. The topological polar surface area (TPSA) is 12.0 Å². The normalized spacial score (nSPS) is 29.2. The molecule has 0 bridgehead atoms. The number of rotatable bonds is 3. The molecule has 0 spiro atoms. The van der Waals surface area contributed by atoms with E-state index in [4.69, 9.17) is 0 Å². The van der Waals surface area contributed by atoms with Crippen molar-refractivity contribution < 1.29 is 8.78 Å².